The van der Waals surface area contributed by atoms with E-state index in [1.54, 1.807) is 0 Å². The number of rotatable bonds is 3. The zero-order valence-electron chi connectivity index (χ0n) is 13.7. The molecule has 0 atom stereocenters. The maximum Gasteiger partial charge on any atom is 0.317 e. The molecule has 3 aliphatic rings. The third-order valence-electron chi connectivity index (χ3n) is 5.45. The van der Waals surface area contributed by atoms with Crippen molar-refractivity contribution in [1.29, 1.82) is 0 Å². The van der Waals surface area contributed by atoms with Crippen molar-refractivity contribution in [3.63, 3.8) is 0 Å². The lowest BCUT2D eigenvalue weighted by molar-refractivity contribution is 0.170. The molecule has 23 heavy (non-hydrogen) atoms. The fourth-order valence-electron chi connectivity index (χ4n) is 3.75. The second-order valence-electron chi connectivity index (χ2n) is 7.30. The number of urea groups is 1. The lowest BCUT2D eigenvalue weighted by Crippen LogP contribution is -2.48. The van der Waals surface area contributed by atoms with Crippen LogP contribution in [-0.2, 0) is 0 Å². The molecule has 2 amide bonds. The van der Waals surface area contributed by atoms with Crippen molar-refractivity contribution >= 4 is 6.03 Å². The fourth-order valence-corrected chi connectivity index (χ4v) is 3.75. The summed E-state index contributed by atoms with van der Waals surface area (Å²) in [7, 11) is 0. The van der Waals surface area contributed by atoms with Gasteiger partial charge in [-0.05, 0) is 38.5 Å². The smallest absolute Gasteiger partial charge is 0.317 e. The second kappa shape index (κ2) is 6.49. The number of piperidine rings is 1. The van der Waals surface area contributed by atoms with Crippen LogP contribution in [0.5, 0.6) is 0 Å². The summed E-state index contributed by atoms with van der Waals surface area (Å²) in [6.07, 6.45) is 10.3. The summed E-state index contributed by atoms with van der Waals surface area (Å²) in [4.78, 5) is 14.3. The number of carbonyl (C=O) groups is 1. The van der Waals surface area contributed by atoms with Crippen LogP contribution in [0.3, 0.4) is 0 Å². The van der Waals surface area contributed by atoms with E-state index in [0.717, 1.165) is 50.6 Å². The molecule has 0 unspecified atom stereocenters. The highest BCUT2D eigenvalue weighted by atomic mass is 16.4. The van der Waals surface area contributed by atoms with Crippen LogP contribution >= 0.6 is 0 Å². The maximum atomic E-state index is 12.4. The predicted octanol–water partition coefficient (Wildman–Crippen LogP) is 3.17. The quantitative estimate of drug-likeness (QED) is 0.929. The highest BCUT2D eigenvalue weighted by molar-refractivity contribution is 5.74. The van der Waals surface area contributed by atoms with Crippen molar-refractivity contribution in [3.05, 3.63) is 11.8 Å². The number of hydrogen-bond donors (Lipinski definition) is 1. The molecule has 3 fully saturated rings. The van der Waals surface area contributed by atoms with Gasteiger partial charge in [0.2, 0.25) is 11.8 Å². The van der Waals surface area contributed by atoms with E-state index in [4.69, 9.17) is 4.42 Å². The Morgan fingerprint density at radius 1 is 0.913 bits per heavy atom. The number of nitrogens with zero attached hydrogens (tertiary/aromatic N) is 3. The minimum atomic E-state index is 0.111. The lowest BCUT2D eigenvalue weighted by atomic mass is 9.95. The molecule has 1 N–H and O–H groups in total. The van der Waals surface area contributed by atoms with Gasteiger partial charge in [0.05, 0.1) is 0 Å². The normalized spacial score (nSPS) is 23.9. The highest BCUT2D eigenvalue weighted by Crippen LogP contribution is 2.40. The largest absolute Gasteiger partial charge is 0.425 e. The number of nitrogens with one attached hydrogen (secondary N) is 1. The van der Waals surface area contributed by atoms with Crippen molar-refractivity contribution in [3.8, 4) is 0 Å². The Balaban J connectivity index is 1.27. The third-order valence-corrected chi connectivity index (χ3v) is 5.45. The van der Waals surface area contributed by atoms with Crippen LogP contribution in [0.2, 0.25) is 0 Å². The summed E-state index contributed by atoms with van der Waals surface area (Å²) in [5.41, 5.74) is 0. The van der Waals surface area contributed by atoms with Gasteiger partial charge in [-0.25, -0.2) is 4.79 Å². The van der Waals surface area contributed by atoms with Gasteiger partial charge in [-0.1, -0.05) is 19.3 Å². The van der Waals surface area contributed by atoms with Gasteiger partial charge in [-0.2, -0.15) is 0 Å². The summed E-state index contributed by atoms with van der Waals surface area (Å²) >= 11 is 0. The Kier molecular flexibility index (Phi) is 4.23. The van der Waals surface area contributed by atoms with Crippen LogP contribution in [0.25, 0.3) is 0 Å². The summed E-state index contributed by atoms with van der Waals surface area (Å²) in [6.45, 7) is 1.56. The fraction of sp³-hybridized carbons (Fsp3) is 0.824. The molecule has 6 nitrogen and oxygen atoms in total. The molecule has 1 aromatic heterocycles. The predicted molar refractivity (Wildman–Crippen MR) is 85.2 cm³/mol. The monoisotopic (exact) mass is 318 g/mol. The first-order valence-electron chi connectivity index (χ1n) is 9.18. The molecule has 2 aliphatic carbocycles. The van der Waals surface area contributed by atoms with Crippen molar-refractivity contribution < 1.29 is 9.21 Å². The number of amides is 2. The Hall–Kier alpha value is -1.59. The molecule has 126 valence electrons. The Morgan fingerprint density at radius 2 is 1.52 bits per heavy atom. The Labute approximate surface area is 137 Å². The third kappa shape index (κ3) is 3.51. The molecule has 1 saturated heterocycles. The molecule has 0 aromatic carbocycles. The highest BCUT2D eigenvalue weighted by Gasteiger charge is 2.32. The number of carbonyl (C=O) groups excluding carboxylic acids is 1. The Bertz CT molecular complexity index is 541. The number of aromatic nitrogens is 2. The van der Waals surface area contributed by atoms with Crippen LogP contribution in [-0.4, -0.2) is 40.3 Å². The molecule has 2 heterocycles. The average Bonchev–Trinajstić information content (AvgIpc) is 3.33. The molecule has 6 heteroatoms. The van der Waals surface area contributed by atoms with E-state index in [9.17, 15) is 4.79 Å². The molecule has 0 spiro atoms. The molecule has 0 radical (unpaired) electrons. The van der Waals surface area contributed by atoms with Crippen LogP contribution < -0.4 is 5.32 Å². The molecule has 2 saturated carbocycles. The van der Waals surface area contributed by atoms with Gasteiger partial charge in [0.1, 0.15) is 0 Å². The molecule has 4 rings (SSSR count). The summed E-state index contributed by atoms with van der Waals surface area (Å²) in [6, 6.07) is 0.491. The molecular weight excluding hydrogens is 292 g/mol. The van der Waals surface area contributed by atoms with Crippen LogP contribution in [0.1, 0.15) is 81.4 Å². The van der Waals surface area contributed by atoms with Crippen molar-refractivity contribution in [2.24, 2.45) is 0 Å². The molecule has 0 bridgehead atoms. The van der Waals surface area contributed by atoms with Gasteiger partial charge < -0.3 is 14.6 Å². The minimum Gasteiger partial charge on any atom is -0.425 e. The van der Waals surface area contributed by atoms with Gasteiger partial charge in [-0.15, -0.1) is 10.2 Å². The van der Waals surface area contributed by atoms with E-state index in [1.807, 2.05) is 4.90 Å². The van der Waals surface area contributed by atoms with Gasteiger partial charge >= 0.3 is 6.03 Å². The summed E-state index contributed by atoms with van der Waals surface area (Å²) < 4.78 is 5.82. The molecule has 1 aromatic rings. The zero-order valence-corrected chi connectivity index (χ0v) is 13.7. The maximum absolute atomic E-state index is 12.4. The first-order valence-corrected chi connectivity index (χ1v) is 9.18. The summed E-state index contributed by atoms with van der Waals surface area (Å²) in [5, 5.41) is 11.6. The number of hydrogen-bond acceptors (Lipinski definition) is 4. The van der Waals surface area contributed by atoms with Gasteiger partial charge in [0, 0.05) is 31.0 Å². The minimum absolute atomic E-state index is 0.111. The lowest BCUT2D eigenvalue weighted by Gasteiger charge is -2.32. The summed E-state index contributed by atoms with van der Waals surface area (Å²) in [5.74, 6) is 2.42. The van der Waals surface area contributed by atoms with Crippen molar-refractivity contribution in [2.75, 3.05) is 13.1 Å². The number of likely N-dealkylation sites (tertiary alicyclic amines) is 1. The van der Waals surface area contributed by atoms with Gasteiger partial charge in [-0.3, -0.25) is 0 Å². The SMILES string of the molecule is O=C(NC1CCCCC1)N1CCC(c2nnc(C3CC3)o2)CC1. The van der Waals surface area contributed by atoms with Crippen molar-refractivity contribution in [2.45, 2.75) is 75.7 Å². The first kappa shape index (κ1) is 15.0. The van der Waals surface area contributed by atoms with E-state index in [1.165, 1.54) is 32.1 Å². The van der Waals surface area contributed by atoms with Crippen LogP contribution in [0.15, 0.2) is 4.42 Å². The van der Waals surface area contributed by atoms with Crippen LogP contribution in [0.4, 0.5) is 4.79 Å². The van der Waals surface area contributed by atoms with Crippen molar-refractivity contribution in [1.82, 2.24) is 20.4 Å². The van der Waals surface area contributed by atoms with Gasteiger partial charge in [0.25, 0.3) is 0 Å². The van der Waals surface area contributed by atoms with Gasteiger partial charge in [0.15, 0.2) is 0 Å². The standard InChI is InChI=1S/C17H26N4O2/c22-17(18-14-4-2-1-3-5-14)21-10-8-13(9-11-21)16-20-19-15(23-16)12-6-7-12/h12-14H,1-11H2,(H,18,22). The van der Waals surface area contributed by atoms with E-state index >= 15 is 0 Å². The zero-order chi connectivity index (χ0) is 15.6. The van der Waals surface area contributed by atoms with E-state index in [-0.39, 0.29) is 6.03 Å². The molecule has 1 aliphatic heterocycles. The van der Waals surface area contributed by atoms with Crippen LogP contribution in [0, 0.1) is 0 Å². The Morgan fingerprint density at radius 3 is 2.13 bits per heavy atom. The van der Waals surface area contributed by atoms with E-state index in [0.29, 0.717) is 17.9 Å². The first-order chi connectivity index (χ1) is 11.3. The molecular formula is C17H26N4O2. The van der Waals surface area contributed by atoms with E-state index in [2.05, 4.69) is 15.5 Å². The second-order valence-corrected chi connectivity index (χ2v) is 7.30. The van der Waals surface area contributed by atoms with E-state index < -0.39 is 0 Å². The average molecular weight is 318 g/mol. The topological polar surface area (TPSA) is 71.3 Å².